The smallest absolute Gasteiger partial charge is 0.320 e. The van der Waals surface area contributed by atoms with Gasteiger partial charge < -0.3 is 24.2 Å². The van der Waals surface area contributed by atoms with Crippen LogP contribution in [0.5, 0.6) is 0 Å². The Balaban J connectivity index is 1.34. The second-order valence-electron chi connectivity index (χ2n) is 14.2. The largest absolute Gasteiger partial charge is 0.468 e. The van der Waals surface area contributed by atoms with Crippen molar-refractivity contribution in [2.45, 2.75) is 72.1 Å². The van der Waals surface area contributed by atoms with E-state index in [0.29, 0.717) is 31.9 Å². The number of carbonyl (C=O) groups is 4. The van der Waals surface area contributed by atoms with Crippen LogP contribution in [-0.4, -0.2) is 83.9 Å². The first-order valence-electron chi connectivity index (χ1n) is 16.2. The molecule has 2 aromatic rings. The summed E-state index contributed by atoms with van der Waals surface area (Å²) in [5, 5.41) is 2.09. The van der Waals surface area contributed by atoms with Gasteiger partial charge in [-0.15, -0.1) is 0 Å². The highest BCUT2D eigenvalue weighted by atomic mass is 16.5. The molecule has 3 heterocycles. The van der Waals surface area contributed by atoms with Crippen LogP contribution in [0, 0.1) is 22.7 Å². The Bertz CT molecular complexity index is 1530. The van der Waals surface area contributed by atoms with Crippen molar-refractivity contribution in [1.82, 2.24) is 14.7 Å². The summed E-state index contributed by atoms with van der Waals surface area (Å²) in [7, 11) is 1.37. The highest BCUT2D eigenvalue weighted by Crippen LogP contribution is 2.52. The normalized spacial score (nSPS) is 27.2. The number of rotatable bonds is 6. The summed E-state index contributed by atoms with van der Waals surface area (Å²) in [4.78, 5) is 60.1. The van der Waals surface area contributed by atoms with Gasteiger partial charge in [0.05, 0.1) is 25.9 Å². The number of hydrogen-bond donors (Lipinski definition) is 0. The summed E-state index contributed by atoms with van der Waals surface area (Å²) >= 11 is 0. The number of esters is 1. The third-order valence-corrected chi connectivity index (χ3v) is 10.2. The van der Waals surface area contributed by atoms with Crippen molar-refractivity contribution in [3.8, 4) is 0 Å². The maximum Gasteiger partial charge on any atom is 0.320 e. The van der Waals surface area contributed by atoms with E-state index in [1.807, 2.05) is 60.4 Å². The molecule has 1 aliphatic carbocycles. The van der Waals surface area contributed by atoms with Crippen LogP contribution in [-0.2, 0) is 35.2 Å². The van der Waals surface area contributed by atoms with Crippen LogP contribution in [0.15, 0.2) is 54.2 Å². The number of hydrogen-bond acceptors (Lipinski definition) is 6. The van der Waals surface area contributed by atoms with E-state index in [1.165, 1.54) is 7.11 Å². The molecule has 2 aromatic carbocycles. The predicted octanol–water partition coefficient (Wildman–Crippen LogP) is 4.54. The summed E-state index contributed by atoms with van der Waals surface area (Å²) < 4.78 is 12.0. The average Bonchev–Trinajstić information content (AvgIpc) is 3.88. The molecule has 9 nitrogen and oxygen atoms in total. The number of likely N-dealkylation sites (tertiary alicyclic amines) is 1. The van der Waals surface area contributed by atoms with E-state index in [4.69, 9.17) is 9.47 Å². The van der Waals surface area contributed by atoms with Gasteiger partial charge >= 0.3 is 5.97 Å². The number of fused-ring (bicyclic) bond motifs is 2. The van der Waals surface area contributed by atoms with Crippen LogP contribution in [0.4, 0.5) is 0 Å². The van der Waals surface area contributed by atoms with Crippen LogP contribution in [0.1, 0.15) is 58.9 Å². The fourth-order valence-corrected chi connectivity index (χ4v) is 7.31. The van der Waals surface area contributed by atoms with E-state index in [2.05, 4.69) is 20.8 Å². The predicted molar refractivity (Wildman–Crippen MR) is 169 cm³/mol. The van der Waals surface area contributed by atoms with Crippen molar-refractivity contribution >= 4 is 34.5 Å². The molecular formula is C36H45N3O6. The zero-order chi connectivity index (χ0) is 32.1. The minimum atomic E-state index is -1.25. The Labute approximate surface area is 265 Å². The first kappa shape index (κ1) is 31.3. The van der Waals surface area contributed by atoms with Crippen molar-refractivity contribution in [2.75, 3.05) is 33.3 Å². The van der Waals surface area contributed by atoms with E-state index in [-0.39, 0.29) is 54.5 Å². The molecule has 240 valence electrons. The molecule has 6 rings (SSSR count). The van der Waals surface area contributed by atoms with E-state index in [1.54, 1.807) is 9.80 Å². The lowest BCUT2D eigenvalue weighted by atomic mass is 9.65. The summed E-state index contributed by atoms with van der Waals surface area (Å²) in [6.45, 7) is 10.2. The van der Waals surface area contributed by atoms with Gasteiger partial charge in [0.15, 0.2) is 0 Å². The van der Waals surface area contributed by atoms with Crippen LogP contribution < -0.4 is 0 Å². The Kier molecular flexibility index (Phi) is 8.27. The zero-order valence-electron chi connectivity index (χ0n) is 27.1. The molecule has 4 aliphatic rings. The average molecular weight is 616 g/mol. The van der Waals surface area contributed by atoms with Gasteiger partial charge in [0.1, 0.15) is 5.41 Å². The maximum absolute atomic E-state index is 14.5. The van der Waals surface area contributed by atoms with Crippen LogP contribution in [0.3, 0.4) is 0 Å². The van der Waals surface area contributed by atoms with Gasteiger partial charge in [-0.3, -0.25) is 19.2 Å². The van der Waals surface area contributed by atoms with E-state index in [9.17, 15) is 19.2 Å². The molecule has 45 heavy (non-hydrogen) atoms. The lowest BCUT2D eigenvalue weighted by molar-refractivity contribution is -0.180. The fourth-order valence-electron chi connectivity index (χ4n) is 7.31. The summed E-state index contributed by atoms with van der Waals surface area (Å²) in [5.74, 6) is -1.18. The Morgan fingerprint density at radius 2 is 1.64 bits per heavy atom. The fraction of sp³-hybridized carbons (Fsp3) is 0.556. The van der Waals surface area contributed by atoms with E-state index < -0.39 is 23.4 Å². The first-order chi connectivity index (χ1) is 21.4. The Morgan fingerprint density at radius 1 is 0.978 bits per heavy atom. The molecular weight excluding hydrogens is 570 g/mol. The lowest BCUT2D eigenvalue weighted by Crippen LogP contribution is -2.61. The minimum Gasteiger partial charge on any atom is -0.468 e. The number of piperazine rings is 1. The van der Waals surface area contributed by atoms with Crippen LogP contribution in [0.2, 0.25) is 0 Å². The molecule has 2 saturated heterocycles. The maximum atomic E-state index is 14.5. The molecule has 3 amide bonds. The Hall–Kier alpha value is -3.72. The monoisotopic (exact) mass is 615 g/mol. The SMILES string of the molecule is COC(=O)[C@]12C[C@H](CC(=O)N3CCN(C(=O)C4CC4)CC3)C(=O)N(Cc3cccc4ccccc34)C1=C[C@H](C(C)(C)C)O[C@@H]2C. The van der Waals surface area contributed by atoms with Gasteiger partial charge in [-0.1, -0.05) is 63.2 Å². The number of methoxy groups -OCH3 is 1. The van der Waals surface area contributed by atoms with Gasteiger partial charge in [-0.2, -0.15) is 0 Å². The van der Waals surface area contributed by atoms with Gasteiger partial charge in [0.25, 0.3) is 0 Å². The molecule has 0 unspecified atom stereocenters. The van der Waals surface area contributed by atoms with Gasteiger partial charge in [-0.25, -0.2) is 0 Å². The molecule has 0 spiro atoms. The van der Waals surface area contributed by atoms with Crippen molar-refractivity contribution in [2.24, 2.45) is 22.7 Å². The number of amides is 3. The summed E-state index contributed by atoms with van der Waals surface area (Å²) in [5.41, 5.74) is 0.0148. The standard InChI is InChI=1S/C36H45N3O6/c1-23-36(34(43)44-5)21-27(19-31(40)37-15-17-38(18-16-37)32(41)25-13-14-25)33(42)39(29(36)20-30(45-23)35(2,3)4)22-26-11-8-10-24-9-6-7-12-28(24)26/h6-12,20,23,25,27,30H,13-19,21-22H2,1-5H3/t23-,27+,30-,36+/m1/s1. The molecule has 0 bridgehead atoms. The second-order valence-corrected chi connectivity index (χ2v) is 14.2. The van der Waals surface area contributed by atoms with Gasteiger partial charge in [0.2, 0.25) is 17.7 Å². The quantitative estimate of drug-likeness (QED) is 0.443. The highest BCUT2D eigenvalue weighted by Gasteiger charge is 2.60. The summed E-state index contributed by atoms with van der Waals surface area (Å²) in [6, 6.07) is 14.1. The van der Waals surface area contributed by atoms with Crippen molar-refractivity contribution < 1.29 is 28.7 Å². The molecule has 1 saturated carbocycles. The molecule has 0 N–H and O–H groups in total. The third kappa shape index (κ3) is 5.75. The van der Waals surface area contributed by atoms with E-state index >= 15 is 0 Å². The van der Waals surface area contributed by atoms with Gasteiger partial charge in [-0.05, 0) is 54.0 Å². The van der Waals surface area contributed by atoms with Crippen molar-refractivity contribution in [1.29, 1.82) is 0 Å². The number of benzene rings is 2. The number of ether oxygens (including phenoxy) is 2. The zero-order valence-corrected chi connectivity index (χ0v) is 27.1. The molecule has 0 aromatic heterocycles. The number of nitrogens with zero attached hydrogens (tertiary/aromatic N) is 3. The van der Waals surface area contributed by atoms with E-state index in [0.717, 1.165) is 29.2 Å². The lowest BCUT2D eigenvalue weighted by Gasteiger charge is -2.53. The molecule has 9 heteroatoms. The molecule has 3 aliphatic heterocycles. The summed E-state index contributed by atoms with van der Waals surface area (Å²) in [6.07, 6.45) is 3.02. The third-order valence-electron chi connectivity index (χ3n) is 10.2. The number of piperidine rings is 1. The van der Waals surface area contributed by atoms with Crippen LogP contribution >= 0.6 is 0 Å². The Morgan fingerprint density at radius 3 is 2.31 bits per heavy atom. The molecule has 0 radical (unpaired) electrons. The van der Waals surface area contributed by atoms with Gasteiger partial charge in [0, 0.05) is 50.1 Å². The molecule has 4 atom stereocenters. The topological polar surface area (TPSA) is 96.5 Å². The molecule has 3 fully saturated rings. The second kappa shape index (κ2) is 11.9. The van der Waals surface area contributed by atoms with Crippen molar-refractivity contribution in [3.05, 3.63) is 59.8 Å². The highest BCUT2D eigenvalue weighted by molar-refractivity contribution is 5.93. The minimum absolute atomic E-state index is 0.0249. The first-order valence-corrected chi connectivity index (χ1v) is 16.2. The van der Waals surface area contributed by atoms with Crippen LogP contribution in [0.25, 0.3) is 10.8 Å². The number of carbonyl (C=O) groups excluding carboxylic acids is 4. The van der Waals surface area contributed by atoms with Crippen molar-refractivity contribution in [3.63, 3.8) is 0 Å².